The van der Waals surface area contributed by atoms with Crippen molar-refractivity contribution in [3.8, 4) is 0 Å². The van der Waals surface area contributed by atoms with Crippen LogP contribution in [0.1, 0.15) is 50.5 Å². The number of halogens is 2. The molecule has 1 N–H and O–H groups in total. The van der Waals surface area contributed by atoms with Gasteiger partial charge in [0.05, 0.1) is 21.7 Å². The first-order valence-corrected chi connectivity index (χ1v) is 10.7. The first-order valence-electron chi connectivity index (χ1n) is 9.93. The molecule has 4 rings (SSSR count). The molecule has 0 bridgehead atoms. The predicted molar refractivity (Wildman–Crippen MR) is 111 cm³/mol. The lowest BCUT2D eigenvalue weighted by Crippen LogP contribution is -2.35. The van der Waals surface area contributed by atoms with Crippen LogP contribution in [0.3, 0.4) is 0 Å². The number of carbonyl (C=O) groups is 2. The Morgan fingerprint density at radius 3 is 2.79 bits per heavy atom. The van der Waals surface area contributed by atoms with Crippen LogP contribution in [-0.4, -0.2) is 31.1 Å². The van der Waals surface area contributed by atoms with Crippen molar-refractivity contribution in [2.24, 2.45) is 0 Å². The van der Waals surface area contributed by atoms with Crippen molar-refractivity contribution < 1.29 is 19.1 Å². The minimum Gasteiger partial charge on any atom is -0.459 e. The zero-order chi connectivity index (χ0) is 20.5. The van der Waals surface area contributed by atoms with Gasteiger partial charge in [-0.3, -0.25) is 4.79 Å². The molecule has 0 spiro atoms. The third-order valence-corrected chi connectivity index (χ3v) is 6.44. The number of Topliss-reactive ketones (excluding diaryl/α,β-unsaturated/α-hetero) is 1. The number of hydrogen-bond donors (Lipinski definition) is 1. The van der Waals surface area contributed by atoms with Gasteiger partial charge >= 0.3 is 5.97 Å². The van der Waals surface area contributed by atoms with Crippen LogP contribution in [0.4, 0.5) is 0 Å². The molecule has 0 radical (unpaired) electrons. The lowest BCUT2D eigenvalue weighted by atomic mass is 9.75. The Bertz CT molecular complexity index is 915. The number of dihydropyridines is 1. The van der Waals surface area contributed by atoms with E-state index in [-0.39, 0.29) is 18.5 Å². The van der Waals surface area contributed by atoms with E-state index in [0.717, 1.165) is 36.9 Å². The van der Waals surface area contributed by atoms with Crippen molar-refractivity contribution in [1.29, 1.82) is 0 Å². The van der Waals surface area contributed by atoms with Crippen molar-refractivity contribution in [3.05, 3.63) is 56.3 Å². The molecule has 29 heavy (non-hydrogen) atoms. The van der Waals surface area contributed by atoms with Crippen LogP contribution >= 0.6 is 23.2 Å². The molecule has 2 heterocycles. The van der Waals surface area contributed by atoms with E-state index in [0.29, 0.717) is 39.9 Å². The Morgan fingerprint density at radius 2 is 2.07 bits per heavy atom. The average Bonchev–Trinajstić information content (AvgIpc) is 3.21. The second-order valence-corrected chi connectivity index (χ2v) is 8.49. The SMILES string of the molecule is CC1=C(C(=O)OCC2CCCO2)C(c2ccc(Cl)c(Cl)c2)C2=C(CCCC2=O)N1. The first kappa shape index (κ1) is 20.5. The van der Waals surface area contributed by atoms with Gasteiger partial charge in [-0.2, -0.15) is 0 Å². The summed E-state index contributed by atoms with van der Waals surface area (Å²) >= 11 is 12.4. The monoisotopic (exact) mass is 435 g/mol. The van der Waals surface area contributed by atoms with Crippen LogP contribution < -0.4 is 5.32 Å². The van der Waals surface area contributed by atoms with E-state index in [9.17, 15) is 9.59 Å². The molecule has 1 aromatic rings. The maximum atomic E-state index is 13.1. The van der Waals surface area contributed by atoms with E-state index in [2.05, 4.69) is 5.32 Å². The fourth-order valence-corrected chi connectivity index (χ4v) is 4.61. The van der Waals surface area contributed by atoms with Gasteiger partial charge in [-0.15, -0.1) is 0 Å². The lowest BCUT2D eigenvalue weighted by molar-refractivity contribution is -0.142. The molecular formula is C22H23Cl2NO4. The van der Waals surface area contributed by atoms with E-state index in [4.69, 9.17) is 32.7 Å². The number of rotatable bonds is 4. The number of esters is 1. The van der Waals surface area contributed by atoms with Crippen molar-refractivity contribution in [2.45, 2.75) is 51.0 Å². The van der Waals surface area contributed by atoms with Crippen molar-refractivity contribution in [2.75, 3.05) is 13.2 Å². The largest absolute Gasteiger partial charge is 0.459 e. The van der Waals surface area contributed by atoms with Crippen LogP contribution in [0.15, 0.2) is 40.7 Å². The summed E-state index contributed by atoms with van der Waals surface area (Å²) in [4.78, 5) is 26.0. The number of ketones is 1. The highest BCUT2D eigenvalue weighted by Crippen LogP contribution is 2.43. The Hall–Kier alpha value is -1.82. The Morgan fingerprint density at radius 1 is 1.24 bits per heavy atom. The molecule has 2 atom stereocenters. The molecular weight excluding hydrogens is 413 g/mol. The Labute approximate surface area is 180 Å². The Kier molecular flexibility index (Phi) is 6.00. The minimum atomic E-state index is -0.522. The van der Waals surface area contributed by atoms with Gasteiger partial charge in [-0.1, -0.05) is 29.3 Å². The number of allylic oxidation sites excluding steroid dienone is 3. The quantitative estimate of drug-likeness (QED) is 0.695. The summed E-state index contributed by atoms with van der Waals surface area (Å²) < 4.78 is 11.2. The number of benzene rings is 1. The highest BCUT2D eigenvalue weighted by Gasteiger charge is 2.39. The van der Waals surface area contributed by atoms with Gasteiger partial charge in [0.1, 0.15) is 6.61 Å². The zero-order valence-electron chi connectivity index (χ0n) is 16.2. The molecule has 154 valence electrons. The molecule has 1 fully saturated rings. The fraction of sp³-hybridized carbons (Fsp3) is 0.455. The third kappa shape index (κ3) is 4.09. The van der Waals surface area contributed by atoms with Gasteiger partial charge in [0, 0.05) is 35.9 Å². The van der Waals surface area contributed by atoms with Gasteiger partial charge < -0.3 is 14.8 Å². The predicted octanol–water partition coefficient (Wildman–Crippen LogP) is 4.68. The standard InChI is InChI=1S/C22H23Cl2NO4/c1-12-19(22(27)29-11-14-4-3-9-28-14)20(13-7-8-15(23)16(24)10-13)21-17(25-12)5-2-6-18(21)26/h7-8,10,14,20,25H,2-6,9,11H2,1H3. The van der Waals surface area contributed by atoms with Gasteiger partial charge in [-0.25, -0.2) is 4.79 Å². The number of hydrogen-bond acceptors (Lipinski definition) is 5. The average molecular weight is 436 g/mol. The summed E-state index contributed by atoms with van der Waals surface area (Å²) in [5, 5.41) is 4.10. The summed E-state index contributed by atoms with van der Waals surface area (Å²) in [6.07, 6.45) is 3.83. The molecule has 3 aliphatic rings. The first-order chi connectivity index (χ1) is 14.0. The molecule has 1 aliphatic carbocycles. The lowest BCUT2D eigenvalue weighted by Gasteiger charge is -2.34. The van der Waals surface area contributed by atoms with E-state index < -0.39 is 11.9 Å². The maximum absolute atomic E-state index is 13.1. The summed E-state index contributed by atoms with van der Waals surface area (Å²) in [5.74, 6) is -0.913. The molecule has 7 heteroatoms. The number of carbonyl (C=O) groups excluding carboxylic acids is 2. The van der Waals surface area contributed by atoms with Crippen molar-refractivity contribution in [3.63, 3.8) is 0 Å². The van der Waals surface area contributed by atoms with Gasteiger partial charge in [0.2, 0.25) is 0 Å². The van der Waals surface area contributed by atoms with Crippen LogP contribution in [-0.2, 0) is 19.1 Å². The number of ether oxygens (including phenoxy) is 2. The molecule has 2 aliphatic heterocycles. The maximum Gasteiger partial charge on any atom is 0.336 e. The smallest absolute Gasteiger partial charge is 0.336 e. The van der Waals surface area contributed by atoms with Crippen molar-refractivity contribution in [1.82, 2.24) is 5.32 Å². The van der Waals surface area contributed by atoms with Gasteiger partial charge in [0.15, 0.2) is 5.78 Å². The highest BCUT2D eigenvalue weighted by molar-refractivity contribution is 6.42. The molecule has 2 unspecified atom stereocenters. The summed E-state index contributed by atoms with van der Waals surface area (Å²) in [6.45, 7) is 2.75. The summed E-state index contributed by atoms with van der Waals surface area (Å²) in [7, 11) is 0. The van der Waals surface area contributed by atoms with Gasteiger partial charge in [-0.05, 0) is 50.3 Å². The molecule has 5 nitrogen and oxygen atoms in total. The van der Waals surface area contributed by atoms with E-state index >= 15 is 0 Å². The molecule has 0 saturated carbocycles. The summed E-state index contributed by atoms with van der Waals surface area (Å²) in [5.41, 5.74) is 3.41. The van der Waals surface area contributed by atoms with Crippen LogP contribution in [0, 0.1) is 0 Å². The van der Waals surface area contributed by atoms with Crippen LogP contribution in [0.25, 0.3) is 0 Å². The fourth-order valence-electron chi connectivity index (χ4n) is 4.30. The van der Waals surface area contributed by atoms with Crippen LogP contribution in [0.2, 0.25) is 10.0 Å². The Balaban J connectivity index is 1.71. The third-order valence-electron chi connectivity index (χ3n) is 5.70. The van der Waals surface area contributed by atoms with E-state index in [1.165, 1.54) is 0 Å². The van der Waals surface area contributed by atoms with Crippen LogP contribution in [0.5, 0.6) is 0 Å². The van der Waals surface area contributed by atoms with E-state index in [1.54, 1.807) is 12.1 Å². The second kappa shape index (κ2) is 8.50. The van der Waals surface area contributed by atoms with Crippen molar-refractivity contribution >= 4 is 35.0 Å². The second-order valence-electron chi connectivity index (χ2n) is 7.67. The van der Waals surface area contributed by atoms with Gasteiger partial charge in [0.25, 0.3) is 0 Å². The zero-order valence-corrected chi connectivity index (χ0v) is 17.7. The summed E-state index contributed by atoms with van der Waals surface area (Å²) in [6, 6.07) is 5.24. The number of nitrogens with one attached hydrogen (secondary N) is 1. The highest BCUT2D eigenvalue weighted by atomic mass is 35.5. The normalized spacial score (nSPS) is 24.4. The topological polar surface area (TPSA) is 64.6 Å². The molecule has 0 aromatic heterocycles. The molecule has 1 aromatic carbocycles. The molecule has 1 saturated heterocycles. The minimum absolute atomic E-state index is 0.0479. The van der Waals surface area contributed by atoms with E-state index in [1.807, 2.05) is 13.0 Å². The molecule has 0 amide bonds.